The molecule has 0 saturated heterocycles. The van der Waals surface area contributed by atoms with Crippen LogP contribution in [-0.2, 0) is 0 Å². The molecule has 1 rings (SSSR count). The molecule has 0 aromatic heterocycles. The second-order valence-electron chi connectivity index (χ2n) is 3.63. The molecule has 88 valence electrons. The van der Waals surface area contributed by atoms with E-state index < -0.39 is 5.82 Å². The van der Waals surface area contributed by atoms with Crippen LogP contribution >= 0.6 is 11.6 Å². The summed E-state index contributed by atoms with van der Waals surface area (Å²) in [5.41, 5.74) is 0.683. The Kier molecular flexibility index (Phi) is 4.12. The van der Waals surface area contributed by atoms with Gasteiger partial charge in [-0.2, -0.15) is 0 Å². The molecule has 0 bridgehead atoms. The molecule has 0 aliphatic heterocycles. The highest BCUT2D eigenvalue weighted by molar-refractivity contribution is 6.69. The van der Waals surface area contributed by atoms with Crippen LogP contribution in [0, 0.1) is 12.7 Å². The normalized spacial score (nSPS) is 12.0. The monoisotopic (exact) mass is 245 g/mol. The van der Waals surface area contributed by atoms with Gasteiger partial charge in [0.25, 0.3) is 0 Å². The summed E-state index contributed by atoms with van der Waals surface area (Å²) in [7, 11) is 0. The van der Waals surface area contributed by atoms with Crippen molar-refractivity contribution in [1.82, 2.24) is 0 Å². The average molecular weight is 246 g/mol. The Bertz CT molecular complexity index is 419. The minimum Gasteiger partial charge on any atom is -0.488 e. The summed E-state index contributed by atoms with van der Waals surface area (Å²) in [5, 5.41) is 11.0. The molecule has 1 aromatic carbocycles. The van der Waals surface area contributed by atoms with E-state index in [0.717, 1.165) is 0 Å². The lowest BCUT2D eigenvalue weighted by Gasteiger charge is -2.14. The summed E-state index contributed by atoms with van der Waals surface area (Å²) in [6.45, 7) is 5.33. The molecule has 0 spiro atoms. The van der Waals surface area contributed by atoms with Crippen molar-refractivity contribution in [2.24, 2.45) is 5.16 Å². The van der Waals surface area contributed by atoms with Crippen molar-refractivity contribution in [3.8, 4) is 5.75 Å². The van der Waals surface area contributed by atoms with Gasteiger partial charge in [-0.05, 0) is 32.4 Å². The molecule has 1 N–H and O–H groups in total. The van der Waals surface area contributed by atoms with Crippen molar-refractivity contribution in [1.29, 1.82) is 0 Å². The predicted octanol–water partition coefficient (Wildman–Crippen LogP) is 3.30. The lowest BCUT2D eigenvalue weighted by atomic mass is 10.1. The molecule has 0 radical (unpaired) electrons. The molecule has 5 heteroatoms. The Balaban J connectivity index is 3.27. The highest BCUT2D eigenvalue weighted by Crippen LogP contribution is 2.27. The van der Waals surface area contributed by atoms with Gasteiger partial charge in [-0.1, -0.05) is 22.8 Å². The number of hydrogen-bond donors (Lipinski definition) is 1. The zero-order valence-electron chi connectivity index (χ0n) is 9.29. The molecule has 16 heavy (non-hydrogen) atoms. The number of halogens is 2. The molecular formula is C11H13ClFNO2. The minimum atomic E-state index is -0.614. The summed E-state index contributed by atoms with van der Waals surface area (Å²) in [4.78, 5) is 0. The number of aryl methyl sites for hydroxylation is 1. The molecule has 0 saturated carbocycles. The van der Waals surface area contributed by atoms with Crippen LogP contribution in [0.4, 0.5) is 4.39 Å². The van der Waals surface area contributed by atoms with E-state index >= 15 is 0 Å². The first-order valence-electron chi connectivity index (χ1n) is 4.81. The van der Waals surface area contributed by atoms with Gasteiger partial charge in [-0.15, -0.1) is 0 Å². The first-order chi connectivity index (χ1) is 7.47. The second-order valence-corrected chi connectivity index (χ2v) is 3.99. The molecule has 0 aliphatic rings. The maximum atomic E-state index is 13.9. The largest absolute Gasteiger partial charge is 0.488 e. The van der Waals surface area contributed by atoms with E-state index in [9.17, 15) is 4.39 Å². The summed E-state index contributed by atoms with van der Waals surface area (Å²) < 4.78 is 19.3. The van der Waals surface area contributed by atoms with Crippen LogP contribution in [0.3, 0.4) is 0 Å². The van der Waals surface area contributed by atoms with Crippen molar-refractivity contribution in [3.63, 3.8) is 0 Å². The smallest absolute Gasteiger partial charge is 0.178 e. The summed E-state index contributed by atoms with van der Waals surface area (Å²) in [5.74, 6) is -0.481. The molecule has 0 heterocycles. The number of hydrogen-bond acceptors (Lipinski definition) is 3. The number of rotatable bonds is 3. The zero-order chi connectivity index (χ0) is 12.3. The van der Waals surface area contributed by atoms with Crippen LogP contribution in [0.1, 0.15) is 25.0 Å². The van der Waals surface area contributed by atoms with Crippen LogP contribution in [0.25, 0.3) is 0 Å². The van der Waals surface area contributed by atoms with Crippen LogP contribution in [0.2, 0.25) is 0 Å². The van der Waals surface area contributed by atoms with E-state index in [2.05, 4.69) is 5.16 Å². The minimum absolute atomic E-state index is 0.0189. The van der Waals surface area contributed by atoms with Gasteiger partial charge in [-0.3, -0.25) is 0 Å². The van der Waals surface area contributed by atoms with Crippen molar-refractivity contribution < 1.29 is 14.3 Å². The zero-order valence-corrected chi connectivity index (χ0v) is 10.0. The van der Waals surface area contributed by atoms with E-state index in [0.29, 0.717) is 5.56 Å². The van der Waals surface area contributed by atoms with Crippen molar-refractivity contribution in [2.45, 2.75) is 26.9 Å². The maximum Gasteiger partial charge on any atom is 0.178 e. The highest BCUT2D eigenvalue weighted by Gasteiger charge is 2.16. The molecule has 3 nitrogen and oxygen atoms in total. The molecule has 0 aliphatic carbocycles. The van der Waals surface area contributed by atoms with E-state index in [1.807, 2.05) is 0 Å². The Morgan fingerprint density at radius 3 is 2.62 bits per heavy atom. The lowest BCUT2D eigenvalue weighted by molar-refractivity contribution is 0.229. The van der Waals surface area contributed by atoms with Gasteiger partial charge in [0, 0.05) is 0 Å². The van der Waals surface area contributed by atoms with Crippen molar-refractivity contribution in [2.75, 3.05) is 0 Å². The standard InChI is InChI=1S/C11H13ClFNO2/c1-6(2)16-10-7(3)4-5-8(9(10)13)11(12)14-15/h4-6,15H,1-3H3/b14-11-. The SMILES string of the molecule is Cc1ccc(/C(Cl)=N/O)c(F)c1OC(C)C. The predicted molar refractivity (Wildman–Crippen MR) is 61.1 cm³/mol. The molecular weight excluding hydrogens is 233 g/mol. The summed E-state index contributed by atoms with van der Waals surface area (Å²) in [6.07, 6.45) is -0.145. The average Bonchev–Trinajstić information content (AvgIpc) is 2.23. The van der Waals surface area contributed by atoms with Gasteiger partial charge in [0.1, 0.15) is 0 Å². The van der Waals surface area contributed by atoms with Crippen molar-refractivity contribution >= 4 is 16.8 Å². The molecule has 0 atom stereocenters. The fraction of sp³-hybridized carbons (Fsp3) is 0.364. The summed E-state index contributed by atoms with van der Waals surface area (Å²) >= 11 is 5.56. The fourth-order valence-corrected chi connectivity index (χ4v) is 1.39. The Morgan fingerprint density at radius 1 is 1.50 bits per heavy atom. The van der Waals surface area contributed by atoms with Crippen LogP contribution < -0.4 is 4.74 Å². The van der Waals surface area contributed by atoms with Gasteiger partial charge in [0.2, 0.25) is 0 Å². The Labute approximate surface area is 98.5 Å². The number of benzene rings is 1. The topological polar surface area (TPSA) is 41.8 Å². The molecule has 0 fully saturated rings. The van der Waals surface area contributed by atoms with Crippen LogP contribution in [0.15, 0.2) is 17.3 Å². The van der Waals surface area contributed by atoms with E-state index in [-0.39, 0.29) is 22.6 Å². The van der Waals surface area contributed by atoms with E-state index in [4.69, 9.17) is 21.5 Å². The number of nitrogens with zero attached hydrogens (tertiary/aromatic N) is 1. The lowest BCUT2D eigenvalue weighted by Crippen LogP contribution is -2.10. The number of oxime groups is 1. The maximum absolute atomic E-state index is 13.9. The Hall–Kier alpha value is -1.29. The molecule has 0 amide bonds. The molecule has 0 unspecified atom stereocenters. The van der Waals surface area contributed by atoms with Crippen LogP contribution in [-0.4, -0.2) is 16.5 Å². The van der Waals surface area contributed by atoms with Gasteiger partial charge >= 0.3 is 0 Å². The second kappa shape index (κ2) is 5.16. The third kappa shape index (κ3) is 2.64. The van der Waals surface area contributed by atoms with Gasteiger partial charge < -0.3 is 9.94 Å². The van der Waals surface area contributed by atoms with Gasteiger partial charge in [-0.25, -0.2) is 4.39 Å². The van der Waals surface area contributed by atoms with E-state index in [1.165, 1.54) is 6.07 Å². The van der Waals surface area contributed by atoms with Gasteiger partial charge in [0.15, 0.2) is 16.7 Å². The third-order valence-electron chi connectivity index (χ3n) is 1.96. The van der Waals surface area contributed by atoms with Crippen LogP contribution in [0.5, 0.6) is 5.75 Å². The highest BCUT2D eigenvalue weighted by atomic mass is 35.5. The number of ether oxygens (including phenoxy) is 1. The Morgan fingerprint density at radius 2 is 2.12 bits per heavy atom. The third-order valence-corrected chi connectivity index (χ3v) is 2.24. The van der Waals surface area contributed by atoms with E-state index in [1.54, 1.807) is 26.8 Å². The van der Waals surface area contributed by atoms with Gasteiger partial charge in [0.05, 0.1) is 11.7 Å². The first-order valence-corrected chi connectivity index (χ1v) is 5.18. The first kappa shape index (κ1) is 12.8. The fourth-order valence-electron chi connectivity index (χ4n) is 1.25. The quantitative estimate of drug-likeness (QED) is 0.504. The summed E-state index contributed by atoms with van der Waals surface area (Å²) in [6, 6.07) is 3.10. The van der Waals surface area contributed by atoms with Crippen molar-refractivity contribution in [3.05, 3.63) is 29.1 Å². The molecule has 1 aromatic rings.